The normalized spacial score (nSPS) is 16.0. The smallest absolute Gasteiger partial charge is 0.265 e. The van der Waals surface area contributed by atoms with Gasteiger partial charge >= 0.3 is 0 Å². The molecule has 0 amide bonds. The first kappa shape index (κ1) is 18.6. The molecule has 146 valence electrons. The lowest BCUT2D eigenvalue weighted by atomic mass is 10.1. The number of fused-ring (bicyclic) bond motifs is 3. The Morgan fingerprint density at radius 1 is 1.07 bits per heavy atom. The van der Waals surface area contributed by atoms with E-state index in [0.29, 0.717) is 28.9 Å². The fourth-order valence-corrected chi connectivity index (χ4v) is 5.78. The second-order valence-corrected chi connectivity index (χ2v) is 8.88. The van der Waals surface area contributed by atoms with Crippen LogP contribution in [0.25, 0.3) is 5.69 Å². The number of hydrogen-bond acceptors (Lipinski definition) is 3. The number of anilines is 1. The number of phenolic OH excluding ortho intramolecular Hbond substituents is 1. The number of halogens is 1. The molecule has 2 aromatic carbocycles. The Morgan fingerprint density at radius 3 is 2.39 bits per heavy atom. The van der Waals surface area contributed by atoms with Crippen LogP contribution in [0.4, 0.5) is 10.1 Å². The largest absolute Gasteiger partial charge is 0.507 e. The molecule has 28 heavy (non-hydrogen) atoms. The molecule has 3 aromatic rings. The van der Waals surface area contributed by atoms with Gasteiger partial charge in [0.1, 0.15) is 11.6 Å². The first-order valence-electron chi connectivity index (χ1n) is 9.07. The Kier molecular flexibility index (Phi) is 4.23. The van der Waals surface area contributed by atoms with Gasteiger partial charge in [-0.15, -0.1) is 0 Å². The van der Waals surface area contributed by atoms with E-state index in [1.165, 1.54) is 28.6 Å². The van der Waals surface area contributed by atoms with Gasteiger partial charge in [0.05, 0.1) is 22.3 Å². The van der Waals surface area contributed by atoms with E-state index in [1.807, 2.05) is 29.8 Å². The first-order chi connectivity index (χ1) is 13.3. The molecule has 0 radical (unpaired) electrons. The average Bonchev–Trinajstić information content (AvgIpc) is 3.13. The van der Waals surface area contributed by atoms with Gasteiger partial charge in [-0.1, -0.05) is 6.92 Å². The Hall–Kier alpha value is -2.80. The van der Waals surface area contributed by atoms with Gasteiger partial charge in [0, 0.05) is 18.0 Å². The van der Waals surface area contributed by atoms with Gasteiger partial charge in [-0.25, -0.2) is 12.8 Å². The minimum absolute atomic E-state index is 0.0740. The van der Waals surface area contributed by atoms with Gasteiger partial charge in [-0.2, -0.15) is 0 Å². The van der Waals surface area contributed by atoms with E-state index in [9.17, 15) is 17.9 Å². The maximum Gasteiger partial charge on any atom is 0.265 e. The maximum atomic E-state index is 14.1. The van der Waals surface area contributed by atoms with Crippen molar-refractivity contribution in [1.29, 1.82) is 0 Å². The van der Waals surface area contributed by atoms with Crippen molar-refractivity contribution in [1.82, 2.24) is 4.57 Å². The lowest BCUT2D eigenvalue weighted by Gasteiger charge is -2.38. The Labute approximate surface area is 163 Å². The van der Waals surface area contributed by atoms with Gasteiger partial charge in [0.25, 0.3) is 10.0 Å². The number of hydrogen-bond donors (Lipinski definition) is 1. The summed E-state index contributed by atoms with van der Waals surface area (Å²) < 4.78 is 44.7. The van der Waals surface area contributed by atoms with Gasteiger partial charge < -0.3 is 9.67 Å². The summed E-state index contributed by atoms with van der Waals surface area (Å²) in [6.07, 6.45) is 2.38. The molecule has 1 atom stereocenters. The summed E-state index contributed by atoms with van der Waals surface area (Å²) >= 11 is 0. The van der Waals surface area contributed by atoms with E-state index in [2.05, 4.69) is 0 Å². The average molecular weight is 400 g/mol. The van der Waals surface area contributed by atoms with Gasteiger partial charge in [0.2, 0.25) is 0 Å². The highest BCUT2D eigenvalue weighted by Gasteiger charge is 2.38. The minimum atomic E-state index is -3.99. The Morgan fingerprint density at radius 2 is 1.75 bits per heavy atom. The molecule has 5 nitrogen and oxygen atoms in total. The summed E-state index contributed by atoms with van der Waals surface area (Å²) in [5.74, 6) is -0.424. The first-order valence-corrected chi connectivity index (χ1v) is 10.5. The van der Waals surface area contributed by atoms with Crippen LogP contribution in [0, 0.1) is 19.7 Å². The molecule has 7 heteroatoms. The van der Waals surface area contributed by atoms with Crippen molar-refractivity contribution in [2.24, 2.45) is 0 Å². The summed E-state index contributed by atoms with van der Waals surface area (Å²) in [5.41, 5.74) is 2.70. The predicted molar refractivity (Wildman–Crippen MR) is 106 cm³/mol. The van der Waals surface area contributed by atoms with E-state index in [4.69, 9.17) is 0 Å². The third-order valence-corrected chi connectivity index (χ3v) is 7.05. The standard InChI is InChI=1S/C21H21FN2O3S/c1-4-17-18-6-5-9-23(18)19-8-7-15(22)12-20(19)24(17)28(26,27)16-10-13(2)21(25)14(3)11-16/h5-12,17,25H,4H2,1-3H3. The highest BCUT2D eigenvalue weighted by atomic mass is 32.2. The van der Waals surface area contributed by atoms with E-state index in [-0.39, 0.29) is 10.6 Å². The van der Waals surface area contributed by atoms with Gasteiger partial charge in [-0.3, -0.25) is 4.31 Å². The van der Waals surface area contributed by atoms with E-state index in [1.54, 1.807) is 19.9 Å². The second kappa shape index (κ2) is 6.38. The zero-order valence-corrected chi connectivity index (χ0v) is 16.7. The van der Waals surface area contributed by atoms with Crippen LogP contribution in [0.5, 0.6) is 5.75 Å². The fourth-order valence-electron chi connectivity index (χ4n) is 3.90. The van der Waals surface area contributed by atoms with Crippen molar-refractivity contribution in [2.75, 3.05) is 4.31 Å². The molecular weight excluding hydrogens is 379 g/mol. The maximum absolute atomic E-state index is 14.1. The zero-order chi connectivity index (χ0) is 20.2. The fraction of sp³-hybridized carbons (Fsp3) is 0.238. The third kappa shape index (κ3) is 2.61. The van der Waals surface area contributed by atoms with Crippen LogP contribution in [0.1, 0.15) is 36.2 Å². The third-order valence-electron chi connectivity index (χ3n) is 5.25. The second-order valence-electron chi connectivity index (χ2n) is 7.07. The Balaban J connectivity index is 1.99. The molecular formula is C21H21FN2O3S. The van der Waals surface area contributed by atoms with Crippen LogP contribution in [0.3, 0.4) is 0 Å². The van der Waals surface area contributed by atoms with Crippen LogP contribution < -0.4 is 4.31 Å². The topological polar surface area (TPSA) is 62.5 Å². The minimum Gasteiger partial charge on any atom is -0.507 e. The number of sulfonamides is 1. The summed E-state index contributed by atoms with van der Waals surface area (Å²) in [5, 5.41) is 10.0. The summed E-state index contributed by atoms with van der Waals surface area (Å²) in [7, 11) is -3.99. The molecule has 1 unspecified atom stereocenters. The summed E-state index contributed by atoms with van der Waals surface area (Å²) in [6, 6.07) is 10.4. The van der Waals surface area contributed by atoms with Crippen molar-refractivity contribution < 1.29 is 17.9 Å². The molecule has 4 rings (SSSR count). The summed E-state index contributed by atoms with van der Waals surface area (Å²) in [6.45, 7) is 5.23. The molecule has 2 heterocycles. The Bertz CT molecular complexity index is 1160. The molecule has 0 spiro atoms. The SMILES string of the molecule is CCC1c2cccn2-c2ccc(F)cc2N1S(=O)(=O)c1cc(C)c(O)c(C)c1. The number of aromatic nitrogens is 1. The lowest BCUT2D eigenvalue weighted by molar-refractivity contribution is 0.466. The van der Waals surface area contributed by atoms with Gasteiger partial charge in [-0.05, 0) is 67.8 Å². The van der Waals surface area contributed by atoms with Crippen LogP contribution in [-0.4, -0.2) is 18.1 Å². The quantitative estimate of drug-likeness (QED) is 0.699. The number of aromatic hydroxyl groups is 1. The number of rotatable bonds is 3. The number of phenols is 1. The highest BCUT2D eigenvalue weighted by Crippen LogP contribution is 2.44. The van der Waals surface area contributed by atoms with Crippen LogP contribution in [-0.2, 0) is 10.0 Å². The van der Waals surface area contributed by atoms with Crippen molar-refractivity contribution in [2.45, 2.75) is 38.1 Å². The lowest BCUT2D eigenvalue weighted by Crippen LogP contribution is -2.39. The van der Waals surface area contributed by atoms with E-state index >= 15 is 0 Å². The van der Waals surface area contributed by atoms with Crippen molar-refractivity contribution >= 4 is 15.7 Å². The molecule has 0 saturated heterocycles. The molecule has 0 saturated carbocycles. The van der Waals surface area contributed by atoms with Crippen molar-refractivity contribution in [3.05, 3.63) is 71.3 Å². The molecule has 0 aliphatic carbocycles. The number of nitrogens with zero attached hydrogens (tertiary/aromatic N) is 2. The predicted octanol–water partition coefficient (Wildman–Crippen LogP) is 4.60. The monoisotopic (exact) mass is 400 g/mol. The van der Waals surface area contributed by atoms with Crippen LogP contribution >= 0.6 is 0 Å². The van der Waals surface area contributed by atoms with Crippen LogP contribution in [0.15, 0.2) is 53.6 Å². The van der Waals surface area contributed by atoms with Crippen LogP contribution in [0.2, 0.25) is 0 Å². The zero-order valence-electron chi connectivity index (χ0n) is 15.8. The highest BCUT2D eigenvalue weighted by molar-refractivity contribution is 7.92. The number of benzene rings is 2. The van der Waals surface area contributed by atoms with E-state index < -0.39 is 21.9 Å². The molecule has 1 aliphatic rings. The molecule has 1 aliphatic heterocycles. The number of aryl methyl sites for hydroxylation is 2. The van der Waals surface area contributed by atoms with E-state index in [0.717, 1.165) is 5.69 Å². The van der Waals surface area contributed by atoms with Crippen molar-refractivity contribution in [3.8, 4) is 11.4 Å². The summed E-state index contributed by atoms with van der Waals surface area (Å²) in [4.78, 5) is 0.0777. The molecule has 1 N–H and O–H groups in total. The van der Waals surface area contributed by atoms with Gasteiger partial charge in [0.15, 0.2) is 0 Å². The molecule has 1 aromatic heterocycles. The molecule has 0 fully saturated rings. The molecule has 0 bridgehead atoms. The van der Waals surface area contributed by atoms with Crippen molar-refractivity contribution in [3.63, 3.8) is 0 Å².